The molecule has 2 aromatic carbocycles. The second kappa shape index (κ2) is 9.15. The lowest BCUT2D eigenvalue weighted by Gasteiger charge is -2.11. The molecule has 0 saturated heterocycles. The Morgan fingerprint density at radius 2 is 1.70 bits per heavy atom. The number of hydrogen-bond donors (Lipinski definition) is 2. The minimum Gasteiger partial charge on any atom is -0.497 e. The number of nitrogens with one attached hydrogen (secondary N) is 2. The summed E-state index contributed by atoms with van der Waals surface area (Å²) in [6, 6.07) is 19.2. The Bertz CT molecular complexity index is 1160. The van der Waals surface area contributed by atoms with Crippen LogP contribution in [0.5, 0.6) is 17.4 Å². The average molecular weight is 424 g/mol. The number of methoxy groups -OCH3 is 1. The first-order valence-corrected chi connectivity index (χ1v) is 10.8. The number of hydrogen-bond acceptors (Lipinski definition) is 7. The summed E-state index contributed by atoms with van der Waals surface area (Å²) in [6.07, 6.45) is 1.08. The lowest BCUT2D eigenvalue weighted by atomic mass is 10.2. The van der Waals surface area contributed by atoms with Gasteiger partial charge in [0.25, 0.3) is 0 Å². The zero-order chi connectivity index (χ0) is 21.6. The Kier molecular flexibility index (Phi) is 6.39. The number of nitrogens with zero attached hydrogens (tertiary/aromatic N) is 2. The molecule has 0 aliphatic rings. The highest BCUT2D eigenvalue weighted by molar-refractivity contribution is 7.92. The number of pyridine rings is 1. The van der Waals surface area contributed by atoms with Crippen LogP contribution in [0.1, 0.15) is 11.1 Å². The van der Waals surface area contributed by atoms with Crippen LogP contribution in [0.25, 0.3) is 0 Å². The third-order valence-electron chi connectivity index (χ3n) is 3.94. The Morgan fingerprint density at radius 1 is 1.03 bits per heavy atom. The second-order valence-electron chi connectivity index (χ2n) is 6.39. The van der Waals surface area contributed by atoms with E-state index in [1.54, 1.807) is 37.4 Å². The van der Waals surface area contributed by atoms with Crippen LogP contribution in [0.2, 0.25) is 0 Å². The summed E-state index contributed by atoms with van der Waals surface area (Å²) in [6.45, 7) is 0.511. The SMILES string of the molecule is COc1ccc(CNc2cc(C#N)cc(Oc3ccc(NS(C)(=O)=O)cc3)n2)cc1. The summed E-state index contributed by atoms with van der Waals surface area (Å²) in [5.74, 6) is 1.97. The van der Waals surface area contributed by atoms with Gasteiger partial charge >= 0.3 is 0 Å². The van der Waals surface area contributed by atoms with Crippen molar-refractivity contribution >= 4 is 21.5 Å². The van der Waals surface area contributed by atoms with Gasteiger partial charge in [0.15, 0.2) is 0 Å². The fourth-order valence-corrected chi connectivity index (χ4v) is 3.14. The molecule has 0 saturated carbocycles. The van der Waals surface area contributed by atoms with E-state index in [1.165, 1.54) is 6.07 Å². The Hall–Kier alpha value is -3.77. The van der Waals surface area contributed by atoms with E-state index in [0.29, 0.717) is 29.4 Å². The molecular formula is C21H20N4O4S. The predicted molar refractivity (Wildman–Crippen MR) is 114 cm³/mol. The van der Waals surface area contributed by atoms with Crippen LogP contribution in [0.15, 0.2) is 60.7 Å². The van der Waals surface area contributed by atoms with E-state index in [-0.39, 0.29) is 5.88 Å². The molecule has 0 fully saturated rings. The van der Waals surface area contributed by atoms with E-state index in [2.05, 4.69) is 21.1 Å². The topological polar surface area (TPSA) is 113 Å². The Balaban J connectivity index is 1.71. The van der Waals surface area contributed by atoms with Gasteiger partial charge in [-0.3, -0.25) is 4.72 Å². The van der Waals surface area contributed by atoms with Gasteiger partial charge in [-0.25, -0.2) is 8.42 Å². The highest BCUT2D eigenvalue weighted by Gasteiger charge is 2.07. The minimum absolute atomic E-state index is 0.245. The smallest absolute Gasteiger partial charge is 0.229 e. The Morgan fingerprint density at radius 3 is 2.30 bits per heavy atom. The first kappa shape index (κ1) is 21.0. The maximum absolute atomic E-state index is 11.3. The van der Waals surface area contributed by atoms with Crippen LogP contribution in [0.3, 0.4) is 0 Å². The molecule has 0 aliphatic heterocycles. The normalized spacial score (nSPS) is 10.7. The van der Waals surface area contributed by atoms with Crippen molar-refractivity contribution in [3.05, 3.63) is 71.8 Å². The van der Waals surface area contributed by atoms with Crippen LogP contribution in [0, 0.1) is 11.3 Å². The standard InChI is InChI=1S/C21H20N4O4S/c1-28-18-7-3-15(4-8-18)14-23-20-11-16(13-22)12-21(24-20)29-19-9-5-17(6-10-19)25-30(2,26)27/h3-12,25H,14H2,1-2H3,(H,23,24). The number of aromatic nitrogens is 1. The molecule has 3 aromatic rings. The van der Waals surface area contributed by atoms with E-state index < -0.39 is 10.0 Å². The summed E-state index contributed by atoms with van der Waals surface area (Å²) in [5, 5.41) is 12.5. The molecule has 30 heavy (non-hydrogen) atoms. The summed E-state index contributed by atoms with van der Waals surface area (Å²) < 4.78 is 35.8. The monoisotopic (exact) mass is 424 g/mol. The summed E-state index contributed by atoms with van der Waals surface area (Å²) in [7, 11) is -1.74. The third-order valence-corrected chi connectivity index (χ3v) is 4.55. The average Bonchev–Trinajstić information content (AvgIpc) is 2.73. The van der Waals surface area contributed by atoms with Gasteiger partial charge in [0.05, 0.1) is 25.0 Å². The third kappa shape index (κ3) is 6.12. The molecule has 0 bridgehead atoms. The van der Waals surface area contributed by atoms with Crippen LogP contribution < -0.4 is 19.5 Å². The molecule has 0 aliphatic carbocycles. The second-order valence-corrected chi connectivity index (χ2v) is 8.14. The largest absolute Gasteiger partial charge is 0.497 e. The molecule has 1 heterocycles. The Labute approximate surface area is 175 Å². The fraction of sp³-hybridized carbons (Fsp3) is 0.143. The molecule has 0 unspecified atom stereocenters. The molecule has 1 aromatic heterocycles. The van der Waals surface area contributed by atoms with Crippen LogP contribution >= 0.6 is 0 Å². The fourth-order valence-electron chi connectivity index (χ4n) is 2.57. The number of ether oxygens (including phenoxy) is 2. The molecule has 0 atom stereocenters. The summed E-state index contributed by atoms with van der Waals surface area (Å²) in [4.78, 5) is 4.39. The lowest BCUT2D eigenvalue weighted by molar-refractivity contribution is 0.414. The van der Waals surface area contributed by atoms with Crippen LogP contribution in [-0.4, -0.2) is 26.8 Å². The number of benzene rings is 2. The first-order chi connectivity index (χ1) is 14.3. The van der Waals surface area contributed by atoms with Gasteiger partial charge in [-0.05, 0) is 48.0 Å². The quantitative estimate of drug-likeness (QED) is 0.566. The zero-order valence-corrected chi connectivity index (χ0v) is 17.2. The van der Waals surface area contributed by atoms with Crippen LogP contribution in [-0.2, 0) is 16.6 Å². The molecule has 3 rings (SSSR count). The molecular weight excluding hydrogens is 404 g/mol. The summed E-state index contributed by atoms with van der Waals surface area (Å²) in [5.41, 5.74) is 1.84. The molecule has 154 valence electrons. The molecule has 0 amide bonds. The number of nitriles is 1. The van der Waals surface area contributed by atoms with Crippen molar-refractivity contribution in [2.45, 2.75) is 6.54 Å². The number of anilines is 2. The van der Waals surface area contributed by atoms with Crippen LogP contribution in [0.4, 0.5) is 11.5 Å². The molecule has 2 N–H and O–H groups in total. The minimum atomic E-state index is -3.35. The highest BCUT2D eigenvalue weighted by atomic mass is 32.2. The maximum Gasteiger partial charge on any atom is 0.229 e. The van der Waals surface area contributed by atoms with Gasteiger partial charge in [-0.15, -0.1) is 0 Å². The molecule has 8 nitrogen and oxygen atoms in total. The predicted octanol–water partition coefficient (Wildman–Crippen LogP) is 3.74. The van der Waals surface area contributed by atoms with Crippen molar-refractivity contribution in [2.75, 3.05) is 23.4 Å². The van der Waals surface area contributed by atoms with E-state index in [1.807, 2.05) is 24.3 Å². The highest BCUT2D eigenvalue weighted by Crippen LogP contribution is 2.24. The van der Waals surface area contributed by atoms with Gasteiger partial charge < -0.3 is 14.8 Å². The molecule has 9 heteroatoms. The van der Waals surface area contributed by atoms with Crippen molar-refractivity contribution in [1.29, 1.82) is 5.26 Å². The van der Waals surface area contributed by atoms with Gasteiger partial charge in [-0.2, -0.15) is 10.2 Å². The van der Waals surface area contributed by atoms with E-state index in [9.17, 15) is 13.7 Å². The van der Waals surface area contributed by atoms with E-state index in [0.717, 1.165) is 17.6 Å². The van der Waals surface area contributed by atoms with Crippen molar-refractivity contribution in [2.24, 2.45) is 0 Å². The van der Waals surface area contributed by atoms with Gasteiger partial charge in [0.2, 0.25) is 15.9 Å². The summed E-state index contributed by atoms with van der Waals surface area (Å²) >= 11 is 0. The van der Waals surface area contributed by atoms with E-state index in [4.69, 9.17) is 9.47 Å². The van der Waals surface area contributed by atoms with Crippen molar-refractivity contribution < 1.29 is 17.9 Å². The van der Waals surface area contributed by atoms with Crippen molar-refractivity contribution in [1.82, 2.24) is 4.98 Å². The number of sulfonamides is 1. The molecule has 0 spiro atoms. The van der Waals surface area contributed by atoms with Crippen molar-refractivity contribution in [3.8, 4) is 23.4 Å². The van der Waals surface area contributed by atoms with Gasteiger partial charge in [0.1, 0.15) is 17.3 Å². The lowest BCUT2D eigenvalue weighted by Crippen LogP contribution is -2.09. The number of rotatable bonds is 8. The van der Waals surface area contributed by atoms with Gasteiger partial charge in [-0.1, -0.05) is 12.1 Å². The van der Waals surface area contributed by atoms with Gasteiger partial charge in [0, 0.05) is 18.3 Å². The van der Waals surface area contributed by atoms with E-state index >= 15 is 0 Å². The molecule has 0 radical (unpaired) electrons. The maximum atomic E-state index is 11.3. The first-order valence-electron chi connectivity index (χ1n) is 8.89. The van der Waals surface area contributed by atoms with Crippen molar-refractivity contribution in [3.63, 3.8) is 0 Å². The zero-order valence-electron chi connectivity index (χ0n) is 16.4.